The second kappa shape index (κ2) is 11.2. The molecular weight excluding hydrogens is 394 g/mol. The Morgan fingerprint density at radius 2 is 1.52 bits per heavy atom. The smallest absolute Gasteiger partial charge is 0.337 e. The summed E-state index contributed by atoms with van der Waals surface area (Å²) in [5, 5.41) is 5.16. The highest BCUT2D eigenvalue weighted by Crippen LogP contribution is 2.20. The maximum absolute atomic E-state index is 12.1. The van der Waals surface area contributed by atoms with Crippen LogP contribution in [0.4, 0.5) is 11.4 Å². The quantitative estimate of drug-likeness (QED) is 0.551. The molecule has 0 aromatic heterocycles. The van der Waals surface area contributed by atoms with Crippen molar-refractivity contribution in [2.24, 2.45) is 0 Å². The van der Waals surface area contributed by atoms with Crippen LogP contribution in [0.25, 0.3) is 0 Å². The van der Waals surface area contributed by atoms with E-state index >= 15 is 0 Å². The van der Waals surface area contributed by atoms with Gasteiger partial charge < -0.3 is 20.3 Å². The van der Waals surface area contributed by atoms with Crippen molar-refractivity contribution in [3.05, 3.63) is 59.7 Å². The minimum Gasteiger partial charge on any atom is -0.465 e. The van der Waals surface area contributed by atoms with Gasteiger partial charge in [0.05, 0.1) is 12.7 Å². The first kappa shape index (κ1) is 22.3. The highest BCUT2D eigenvalue weighted by molar-refractivity contribution is 6.39. The number of benzene rings is 2. The van der Waals surface area contributed by atoms with Crippen molar-refractivity contribution in [2.75, 3.05) is 37.0 Å². The lowest BCUT2D eigenvalue weighted by Gasteiger charge is -2.22. The van der Waals surface area contributed by atoms with Crippen LogP contribution in [0.3, 0.4) is 0 Å². The zero-order chi connectivity index (χ0) is 22.1. The van der Waals surface area contributed by atoms with Crippen LogP contribution in [0.1, 0.15) is 41.6 Å². The van der Waals surface area contributed by atoms with E-state index in [1.54, 1.807) is 12.1 Å². The predicted molar refractivity (Wildman–Crippen MR) is 120 cm³/mol. The third-order valence-corrected chi connectivity index (χ3v) is 5.38. The molecule has 0 saturated carbocycles. The van der Waals surface area contributed by atoms with E-state index in [-0.39, 0.29) is 0 Å². The molecule has 0 bridgehead atoms. The molecule has 1 aliphatic rings. The SMILES string of the molecule is COC(=O)c1ccc(NC(=O)C(=O)NCCc2ccc(N3CCCCCC3)cc2)cc1. The van der Waals surface area contributed by atoms with Crippen molar-refractivity contribution >= 4 is 29.2 Å². The Morgan fingerprint density at radius 1 is 0.871 bits per heavy atom. The summed E-state index contributed by atoms with van der Waals surface area (Å²) in [7, 11) is 1.30. The highest BCUT2D eigenvalue weighted by Gasteiger charge is 2.14. The van der Waals surface area contributed by atoms with Gasteiger partial charge in [-0.3, -0.25) is 9.59 Å². The normalized spacial score (nSPS) is 13.8. The van der Waals surface area contributed by atoms with Gasteiger partial charge in [-0.05, 0) is 61.2 Å². The van der Waals surface area contributed by atoms with Gasteiger partial charge in [-0.15, -0.1) is 0 Å². The lowest BCUT2D eigenvalue weighted by molar-refractivity contribution is -0.136. The van der Waals surface area contributed by atoms with E-state index in [1.807, 2.05) is 0 Å². The Labute approximate surface area is 182 Å². The Bertz CT molecular complexity index is 886. The monoisotopic (exact) mass is 423 g/mol. The predicted octanol–water partition coefficient (Wildman–Crippen LogP) is 3.15. The molecule has 1 heterocycles. The van der Waals surface area contributed by atoms with Crippen LogP contribution in [0.2, 0.25) is 0 Å². The number of methoxy groups -OCH3 is 1. The lowest BCUT2D eigenvalue weighted by atomic mass is 10.1. The second-order valence-corrected chi connectivity index (χ2v) is 7.60. The van der Waals surface area contributed by atoms with Crippen molar-refractivity contribution in [1.29, 1.82) is 0 Å². The van der Waals surface area contributed by atoms with Gasteiger partial charge >= 0.3 is 17.8 Å². The number of anilines is 2. The molecule has 2 aromatic rings. The van der Waals surface area contributed by atoms with Crippen LogP contribution >= 0.6 is 0 Å². The topological polar surface area (TPSA) is 87.7 Å². The molecule has 31 heavy (non-hydrogen) atoms. The molecular formula is C24H29N3O4. The number of carbonyl (C=O) groups is 3. The number of carbonyl (C=O) groups excluding carboxylic acids is 3. The second-order valence-electron chi connectivity index (χ2n) is 7.60. The fourth-order valence-corrected chi connectivity index (χ4v) is 3.60. The van der Waals surface area contributed by atoms with E-state index in [2.05, 4.69) is 44.5 Å². The summed E-state index contributed by atoms with van der Waals surface area (Å²) in [4.78, 5) is 38.0. The van der Waals surface area contributed by atoms with Crippen LogP contribution in [0, 0.1) is 0 Å². The molecule has 2 aromatic carbocycles. The lowest BCUT2D eigenvalue weighted by Crippen LogP contribution is -2.36. The standard InChI is InChI=1S/C24H29N3O4/c1-31-24(30)19-8-10-20(11-9-19)26-23(29)22(28)25-15-14-18-6-12-21(13-7-18)27-16-4-2-3-5-17-27/h6-13H,2-5,14-17H2,1H3,(H,25,28)(H,26,29). The summed E-state index contributed by atoms with van der Waals surface area (Å²) in [5.41, 5.74) is 3.15. The molecule has 7 nitrogen and oxygen atoms in total. The fourth-order valence-electron chi connectivity index (χ4n) is 3.60. The number of amides is 2. The number of hydrogen-bond donors (Lipinski definition) is 2. The maximum atomic E-state index is 12.1. The molecule has 1 aliphatic heterocycles. The number of esters is 1. The molecule has 2 amide bonds. The van der Waals surface area contributed by atoms with Gasteiger partial charge in [-0.1, -0.05) is 25.0 Å². The van der Waals surface area contributed by atoms with Gasteiger partial charge in [0.15, 0.2) is 0 Å². The molecule has 0 radical (unpaired) electrons. The van der Waals surface area contributed by atoms with Crippen molar-refractivity contribution in [3.8, 4) is 0 Å². The third-order valence-electron chi connectivity index (χ3n) is 5.38. The van der Waals surface area contributed by atoms with Crippen LogP contribution in [0.15, 0.2) is 48.5 Å². The summed E-state index contributed by atoms with van der Waals surface area (Å²) in [5.74, 6) is -1.91. The first-order chi connectivity index (χ1) is 15.1. The van der Waals surface area contributed by atoms with Gasteiger partial charge in [0, 0.05) is 31.0 Å². The highest BCUT2D eigenvalue weighted by atomic mass is 16.5. The van der Waals surface area contributed by atoms with Gasteiger partial charge in [-0.25, -0.2) is 4.79 Å². The molecule has 0 spiro atoms. The summed E-state index contributed by atoms with van der Waals surface area (Å²) in [6.07, 6.45) is 5.74. The molecule has 164 valence electrons. The largest absolute Gasteiger partial charge is 0.465 e. The van der Waals surface area contributed by atoms with Crippen molar-refractivity contribution < 1.29 is 19.1 Å². The molecule has 0 atom stereocenters. The van der Waals surface area contributed by atoms with Crippen LogP contribution in [-0.4, -0.2) is 44.5 Å². The minimum atomic E-state index is -0.748. The Morgan fingerprint density at radius 3 is 2.13 bits per heavy atom. The van der Waals surface area contributed by atoms with Crippen molar-refractivity contribution in [1.82, 2.24) is 5.32 Å². The Hall–Kier alpha value is -3.35. The van der Waals surface area contributed by atoms with E-state index in [0.29, 0.717) is 24.2 Å². The van der Waals surface area contributed by atoms with Crippen LogP contribution < -0.4 is 15.5 Å². The molecule has 1 saturated heterocycles. The van der Waals surface area contributed by atoms with Crippen molar-refractivity contribution in [2.45, 2.75) is 32.1 Å². The number of ether oxygens (including phenoxy) is 1. The zero-order valence-electron chi connectivity index (χ0n) is 17.9. The molecule has 2 N–H and O–H groups in total. The number of hydrogen-bond acceptors (Lipinski definition) is 5. The number of nitrogens with zero attached hydrogens (tertiary/aromatic N) is 1. The molecule has 7 heteroatoms. The Balaban J connectivity index is 1.42. The van der Waals surface area contributed by atoms with E-state index in [0.717, 1.165) is 18.7 Å². The summed E-state index contributed by atoms with van der Waals surface area (Å²) < 4.78 is 4.63. The van der Waals surface area contributed by atoms with E-state index in [9.17, 15) is 14.4 Å². The summed E-state index contributed by atoms with van der Waals surface area (Å²) >= 11 is 0. The van der Waals surface area contributed by atoms with Gasteiger partial charge in [-0.2, -0.15) is 0 Å². The molecule has 0 unspecified atom stereocenters. The van der Waals surface area contributed by atoms with E-state index < -0.39 is 17.8 Å². The summed E-state index contributed by atoms with van der Waals surface area (Å²) in [6, 6.07) is 14.6. The van der Waals surface area contributed by atoms with Gasteiger partial charge in [0.1, 0.15) is 0 Å². The van der Waals surface area contributed by atoms with Crippen LogP contribution in [-0.2, 0) is 20.7 Å². The average molecular weight is 424 g/mol. The van der Waals surface area contributed by atoms with Crippen LogP contribution in [0.5, 0.6) is 0 Å². The summed E-state index contributed by atoms with van der Waals surface area (Å²) in [6.45, 7) is 2.59. The van der Waals surface area contributed by atoms with Gasteiger partial charge in [0.2, 0.25) is 0 Å². The molecule has 3 rings (SSSR count). The zero-order valence-corrected chi connectivity index (χ0v) is 17.9. The van der Waals surface area contributed by atoms with E-state index in [1.165, 1.54) is 50.6 Å². The van der Waals surface area contributed by atoms with Gasteiger partial charge in [0.25, 0.3) is 0 Å². The van der Waals surface area contributed by atoms with E-state index in [4.69, 9.17) is 0 Å². The number of nitrogens with one attached hydrogen (secondary N) is 2. The minimum absolute atomic E-state index is 0.367. The first-order valence-electron chi connectivity index (χ1n) is 10.7. The molecule has 0 aliphatic carbocycles. The number of rotatable bonds is 6. The third kappa shape index (κ3) is 6.57. The average Bonchev–Trinajstić information content (AvgIpc) is 3.09. The maximum Gasteiger partial charge on any atom is 0.337 e. The molecule has 1 fully saturated rings. The van der Waals surface area contributed by atoms with Crippen molar-refractivity contribution in [3.63, 3.8) is 0 Å². The first-order valence-corrected chi connectivity index (χ1v) is 10.7. The Kier molecular flexibility index (Phi) is 8.04. The fraction of sp³-hybridized carbons (Fsp3) is 0.375.